The molecule has 1 aliphatic carbocycles. The minimum Gasteiger partial charge on any atom is -0.507 e. The molecule has 2 fully saturated rings. The summed E-state index contributed by atoms with van der Waals surface area (Å²) in [6, 6.07) is 7.50. The second-order valence-corrected chi connectivity index (χ2v) is 7.13. The van der Waals surface area contributed by atoms with Crippen LogP contribution in [0.3, 0.4) is 0 Å². The average molecular weight is 356 g/mol. The van der Waals surface area contributed by atoms with Gasteiger partial charge in [-0.3, -0.25) is 9.48 Å². The molecule has 2 heterocycles. The molecule has 2 unspecified atom stereocenters. The zero-order valence-electron chi connectivity index (χ0n) is 14.7. The maximum absolute atomic E-state index is 11.2. The molecule has 4 rings (SSSR count). The topological polar surface area (TPSA) is 73.6 Å². The van der Waals surface area contributed by atoms with E-state index in [1.54, 1.807) is 12.1 Å². The molecule has 1 N–H and O–H groups in total. The summed E-state index contributed by atoms with van der Waals surface area (Å²) in [6.07, 6.45) is 7.06. The van der Waals surface area contributed by atoms with Crippen LogP contribution in [0.2, 0.25) is 0 Å². The molecule has 0 spiro atoms. The van der Waals surface area contributed by atoms with Crippen LogP contribution < -0.4 is 4.74 Å². The molecule has 1 saturated heterocycles. The van der Waals surface area contributed by atoms with Crippen molar-refractivity contribution in [2.24, 2.45) is 5.92 Å². The molecule has 0 amide bonds. The van der Waals surface area contributed by atoms with E-state index >= 15 is 0 Å². The summed E-state index contributed by atoms with van der Waals surface area (Å²) in [4.78, 5) is 11.2. The highest BCUT2D eigenvalue weighted by Crippen LogP contribution is 2.38. The fraction of sp³-hybridized carbons (Fsp3) is 0.500. The first-order chi connectivity index (χ1) is 12.8. The Hall–Kier alpha value is -2.34. The second kappa shape index (κ2) is 7.50. The third-order valence-electron chi connectivity index (χ3n) is 5.61. The lowest BCUT2D eigenvalue weighted by Crippen LogP contribution is -2.33. The molecule has 1 saturated carbocycles. The molecule has 0 bridgehead atoms. The molecule has 1 aromatic heterocycles. The van der Waals surface area contributed by atoms with Crippen molar-refractivity contribution < 1.29 is 19.4 Å². The first-order valence-corrected chi connectivity index (χ1v) is 9.29. The van der Waals surface area contributed by atoms with Gasteiger partial charge in [0.15, 0.2) is 6.29 Å². The van der Waals surface area contributed by atoms with Crippen molar-refractivity contribution >= 4 is 6.29 Å². The molecule has 26 heavy (non-hydrogen) atoms. The smallest absolute Gasteiger partial charge is 0.157 e. The maximum atomic E-state index is 11.2. The zero-order chi connectivity index (χ0) is 17.9. The second-order valence-electron chi connectivity index (χ2n) is 7.13. The van der Waals surface area contributed by atoms with E-state index in [0.29, 0.717) is 37.9 Å². The van der Waals surface area contributed by atoms with Crippen molar-refractivity contribution in [2.75, 3.05) is 19.8 Å². The number of phenols is 1. The van der Waals surface area contributed by atoms with Crippen molar-refractivity contribution in [2.45, 2.75) is 37.6 Å². The number of hydrogen-bond donors (Lipinski definition) is 1. The molecule has 138 valence electrons. The lowest BCUT2D eigenvalue weighted by molar-refractivity contribution is 0.0263. The Balaban J connectivity index is 1.51. The van der Waals surface area contributed by atoms with Gasteiger partial charge in [0.2, 0.25) is 0 Å². The van der Waals surface area contributed by atoms with Gasteiger partial charge >= 0.3 is 0 Å². The fourth-order valence-electron chi connectivity index (χ4n) is 3.84. The number of benzene rings is 1. The van der Waals surface area contributed by atoms with Gasteiger partial charge in [-0.2, -0.15) is 5.10 Å². The predicted octanol–water partition coefficient (Wildman–Crippen LogP) is 3.33. The van der Waals surface area contributed by atoms with Gasteiger partial charge in [-0.05, 0) is 43.9 Å². The van der Waals surface area contributed by atoms with Crippen molar-refractivity contribution in [3.63, 3.8) is 0 Å². The SMILES string of the molecule is O=Cc1c(O)cccc1OCC1CCOCC1c1ccnn1C1CCC1. The van der Waals surface area contributed by atoms with Crippen LogP contribution in [0.25, 0.3) is 0 Å². The van der Waals surface area contributed by atoms with E-state index < -0.39 is 0 Å². The van der Waals surface area contributed by atoms with Gasteiger partial charge < -0.3 is 14.6 Å². The van der Waals surface area contributed by atoms with Crippen LogP contribution in [-0.2, 0) is 4.74 Å². The van der Waals surface area contributed by atoms with E-state index in [0.717, 1.165) is 6.42 Å². The number of hydrogen-bond acceptors (Lipinski definition) is 5. The maximum Gasteiger partial charge on any atom is 0.157 e. The van der Waals surface area contributed by atoms with E-state index in [1.807, 2.05) is 6.20 Å². The summed E-state index contributed by atoms with van der Waals surface area (Å²) < 4.78 is 13.9. The van der Waals surface area contributed by atoms with Gasteiger partial charge in [0.25, 0.3) is 0 Å². The lowest BCUT2D eigenvalue weighted by Gasteiger charge is -2.35. The number of aldehydes is 1. The summed E-state index contributed by atoms with van der Waals surface area (Å²) in [7, 11) is 0. The molecule has 2 atom stereocenters. The van der Waals surface area contributed by atoms with Crippen LogP contribution in [0.4, 0.5) is 0 Å². The van der Waals surface area contributed by atoms with E-state index in [9.17, 15) is 9.90 Å². The van der Waals surface area contributed by atoms with Crippen LogP contribution >= 0.6 is 0 Å². The van der Waals surface area contributed by atoms with Crippen LogP contribution in [0.5, 0.6) is 11.5 Å². The molecular formula is C20H24N2O4. The van der Waals surface area contributed by atoms with Crippen molar-refractivity contribution in [3.05, 3.63) is 41.7 Å². The third-order valence-corrected chi connectivity index (χ3v) is 5.61. The first kappa shape index (κ1) is 17.1. The Morgan fingerprint density at radius 1 is 1.31 bits per heavy atom. The van der Waals surface area contributed by atoms with Gasteiger partial charge in [0.05, 0.1) is 24.8 Å². The number of aromatic nitrogens is 2. The minimum atomic E-state index is -0.0518. The van der Waals surface area contributed by atoms with Crippen molar-refractivity contribution in [3.8, 4) is 11.5 Å². The number of aromatic hydroxyl groups is 1. The zero-order valence-corrected chi connectivity index (χ0v) is 14.7. The Bertz CT molecular complexity index is 769. The van der Waals surface area contributed by atoms with Crippen LogP contribution in [0.1, 0.15) is 53.7 Å². The van der Waals surface area contributed by atoms with Gasteiger partial charge in [0, 0.05) is 30.3 Å². The number of rotatable bonds is 6. The van der Waals surface area contributed by atoms with E-state index in [1.165, 1.54) is 31.0 Å². The van der Waals surface area contributed by atoms with Crippen LogP contribution in [0.15, 0.2) is 30.5 Å². The summed E-state index contributed by atoms with van der Waals surface area (Å²) in [6.45, 7) is 1.85. The Kier molecular flexibility index (Phi) is 4.93. The summed E-state index contributed by atoms with van der Waals surface area (Å²) in [5.74, 6) is 0.881. The molecule has 0 radical (unpaired) electrons. The molecule has 2 aliphatic rings. The quantitative estimate of drug-likeness (QED) is 0.804. The van der Waals surface area contributed by atoms with E-state index in [4.69, 9.17) is 9.47 Å². The standard InChI is InChI=1S/C20H24N2O4/c23-11-16-19(24)5-2-6-20(16)26-12-14-8-10-25-13-17(14)18-7-9-21-22(18)15-3-1-4-15/h2,5-7,9,11,14-15,17,24H,1,3-4,8,10,12-13H2. The van der Waals surface area contributed by atoms with Crippen LogP contribution in [0, 0.1) is 5.92 Å². The molecule has 1 aromatic carbocycles. The average Bonchev–Trinajstić information content (AvgIpc) is 3.07. The van der Waals surface area contributed by atoms with Gasteiger partial charge in [-0.25, -0.2) is 0 Å². The number of phenolic OH excluding ortho intramolecular Hbond substituents is 1. The van der Waals surface area contributed by atoms with Crippen molar-refractivity contribution in [1.82, 2.24) is 9.78 Å². The normalized spacial score (nSPS) is 23.4. The summed E-state index contributed by atoms with van der Waals surface area (Å²) >= 11 is 0. The molecule has 1 aliphatic heterocycles. The van der Waals surface area contributed by atoms with Gasteiger partial charge in [-0.1, -0.05) is 6.07 Å². The molecular weight excluding hydrogens is 332 g/mol. The number of nitrogens with zero attached hydrogens (tertiary/aromatic N) is 2. The Morgan fingerprint density at radius 2 is 2.19 bits per heavy atom. The number of carbonyl (C=O) groups excluding carboxylic acids is 1. The molecule has 6 nitrogen and oxygen atoms in total. The van der Waals surface area contributed by atoms with Gasteiger partial charge in [-0.15, -0.1) is 0 Å². The third kappa shape index (κ3) is 3.21. The lowest BCUT2D eigenvalue weighted by atomic mass is 9.85. The first-order valence-electron chi connectivity index (χ1n) is 9.29. The molecule has 2 aromatic rings. The van der Waals surface area contributed by atoms with Crippen molar-refractivity contribution in [1.29, 1.82) is 0 Å². The summed E-state index contributed by atoms with van der Waals surface area (Å²) in [5.41, 5.74) is 1.42. The fourth-order valence-corrected chi connectivity index (χ4v) is 3.84. The summed E-state index contributed by atoms with van der Waals surface area (Å²) in [5, 5.41) is 14.4. The Labute approximate surface area is 152 Å². The highest BCUT2D eigenvalue weighted by atomic mass is 16.5. The highest BCUT2D eigenvalue weighted by Gasteiger charge is 2.33. The highest BCUT2D eigenvalue weighted by molar-refractivity contribution is 5.83. The van der Waals surface area contributed by atoms with E-state index in [-0.39, 0.29) is 23.1 Å². The van der Waals surface area contributed by atoms with Crippen LogP contribution in [-0.4, -0.2) is 41.0 Å². The molecule has 6 heteroatoms. The number of ether oxygens (including phenoxy) is 2. The van der Waals surface area contributed by atoms with Gasteiger partial charge in [0.1, 0.15) is 11.5 Å². The monoisotopic (exact) mass is 356 g/mol. The number of carbonyl (C=O) groups is 1. The Morgan fingerprint density at radius 3 is 2.96 bits per heavy atom. The predicted molar refractivity (Wildman–Crippen MR) is 95.8 cm³/mol. The van der Waals surface area contributed by atoms with E-state index in [2.05, 4.69) is 15.8 Å². The largest absolute Gasteiger partial charge is 0.507 e. The minimum absolute atomic E-state index is 0.0518.